The molecule has 0 N–H and O–H groups in total. The molecule has 0 fully saturated rings. The minimum absolute atomic E-state index is 0.939. The Morgan fingerprint density at radius 3 is 1.43 bits per heavy atom. The SMILES string of the molecule is c1ccc(-c2c3ccccc3c(-c3cccc(-c4ccc5c(c4)nc(-c4ccccc4)n5-c4ccccc4)c3)c3ccccc23)cc1. The smallest absolute Gasteiger partial charge is 0.145 e. The molecule has 47 heavy (non-hydrogen) atoms. The Labute approximate surface area is 273 Å². The minimum atomic E-state index is 0.939. The van der Waals surface area contributed by atoms with E-state index < -0.39 is 0 Å². The van der Waals surface area contributed by atoms with Crippen LogP contribution in [0, 0.1) is 0 Å². The van der Waals surface area contributed by atoms with Gasteiger partial charge in [0.2, 0.25) is 0 Å². The lowest BCUT2D eigenvalue weighted by molar-refractivity contribution is 1.10. The van der Waals surface area contributed by atoms with E-state index in [9.17, 15) is 0 Å². The van der Waals surface area contributed by atoms with Gasteiger partial charge in [0.25, 0.3) is 0 Å². The second-order valence-corrected chi connectivity index (χ2v) is 12.0. The zero-order valence-electron chi connectivity index (χ0n) is 25.7. The Morgan fingerprint density at radius 2 is 0.809 bits per heavy atom. The monoisotopic (exact) mass is 598 g/mol. The van der Waals surface area contributed by atoms with Gasteiger partial charge in [0.1, 0.15) is 5.82 Å². The number of para-hydroxylation sites is 1. The highest BCUT2D eigenvalue weighted by Crippen LogP contribution is 2.44. The second-order valence-electron chi connectivity index (χ2n) is 12.0. The van der Waals surface area contributed by atoms with Crippen LogP contribution in [0.5, 0.6) is 0 Å². The van der Waals surface area contributed by atoms with Crippen LogP contribution in [-0.2, 0) is 0 Å². The lowest BCUT2D eigenvalue weighted by Gasteiger charge is -2.18. The van der Waals surface area contributed by atoms with E-state index in [0.29, 0.717) is 0 Å². The maximum absolute atomic E-state index is 5.21. The molecule has 8 aromatic carbocycles. The van der Waals surface area contributed by atoms with E-state index in [1.54, 1.807) is 0 Å². The Balaban J connectivity index is 1.23. The molecular formula is C45H30N2. The maximum Gasteiger partial charge on any atom is 0.145 e. The Hall–Kier alpha value is -6.25. The van der Waals surface area contributed by atoms with E-state index in [2.05, 4.69) is 180 Å². The van der Waals surface area contributed by atoms with Gasteiger partial charge in [0.15, 0.2) is 0 Å². The van der Waals surface area contributed by atoms with Crippen molar-refractivity contribution in [1.29, 1.82) is 0 Å². The third-order valence-corrected chi connectivity index (χ3v) is 9.18. The normalized spacial score (nSPS) is 11.4. The quantitative estimate of drug-likeness (QED) is 0.180. The first-order valence-electron chi connectivity index (χ1n) is 16.1. The van der Waals surface area contributed by atoms with Crippen molar-refractivity contribution in [1.82, 2.24) is 9.55 Å². The lowest BCUT2D eigenvalue weighted by atomic mass is 9.85. The van der Waals surface area contributed by atoms with Gasteiger partial charge in [-0.1, -0.05) is 152 Å². The molecule has 1 aromatic heterocycles. The predicted octanol–water partition coefficient (Wildman–Crippen LogP) is 12.0. The van der Waals surface area contributed by atoms with Crippen molar-refractivity contribution in [3.8, 4) is 50.5 Å². The summed E-state index contributed by atoms with van der Waals surface area (Å²) in [7, 11) is 0. The molecule has 0 aliphatic rings. The summed E-state index contributed by atoms with van der Waals surface area (Å²) in [6, 6.07) is 65.0. The Kier molecular flexibility index (Phi) is 6.50. The van der Waals surface area contributed by atoms with Crippen LogP contribution in [0.25, 0.3) is 83.0 Å². The molecule has 2 heteroatoms. The van der Waals surface area contributed by atoms with Crippen molar-refractivity contribution >= 4 is 32.6 Å². The number of aromatic nitrogens is 2. The van der Waals surface area contributed by atoms with Crippen molar-refractivity contribution in [3.63, 3.8) is 0 Å². The first kappa shape index (κ1) is 27.1. The molecule has 0 unspecified atom stereocenters. The van der Waals surface area contributed by atoms with Gasteiger partial charge in [-0.15, -0.1) is 0 Å². The van der Waals surface area contributed by atoms with Crippen LogP contribution in [0.4, 0.5) is 0 Å². The minimum Gasteiger partial charge on any atom is -0.292 e. The molecule has 220 valence electrons. The van der Waals surface area contributed by atoms with E-state index in [0.717, 1.165) is 33.7 Å². The van der Waals surface area contributed by atoms with Crippen LogP contribution < -0.4 is 0 Å². The highest BCUT2D eigenvalue weighted by atomic mass is 15.1. The summed E-state index contributed by atoms with van der Waals surface area (Å²) in [4.78, 5) is 5.21. The number of hydrogen-bond donors (Lipinski definition) is 0. The maximum atomic E-state index is 5.21. The van der Waals surface area contributed by atoms with Crippen LogP contribution in [0.2, 0.25) is 0 Å². The van der Waals surface area contributed by atoms with Crippen LogP contribution in [0.1, 0.15) is 0 Å². The molecule has 0 amide bonds. The summed E-state index contributed by atoms with van der Waals surface area (Å²) < 4.78 is 2.26. The van der Waals surface area contributed by atoms with Gasteiger partial charge in [-0.3, -0.25) is 4.57 Å². The third-order valence-electron chi connectivity index (χ3n) is 9.18. The molecule has 1 heterocycles. The highest BCUT2D eigenvalue weighted by Gasteiger charge is 2.18. The molecule has 9 aromatic rings. The number of nitrogens with zero attached hydrogens (tertiary/aromatic N) is 2. The fourth-order valence-electron chi connectivity index (χ4n) is 7.09. The summed E-state index contributed by atoms with van der Waals surface area (Å²) >= 11 is 0. The average Bonchev–Trinajstić information content (AvgIpc) is 3.54. The molecule has 0 spiro atoms. The molecule has 0 radical (unpaired) electrons. The lowest BCUT2D eigenvalue weighted by Crippen LogP contribution is -1.97. The number of fused-ring (bicyclic) bond motifs is 3. The van der Waals surface area contributed by atoms with Crippen molar-refractivity contribution in [2.75, 3.05) is 0 Å². The third kappa shape index (κ3) is 4.62. The zero-order valence-corrected chi connectivity index (χ0v) is 25.7. The van der Waals surface area contributed by atoms with Crippen molar-refractivity contribution < 1.29 is 0 Å². The van der Waals surface area contributed by atoms with Crippen LogP contribution >= 0.6 is 0 Å². The van der Waals surface area contributed by atoms with Gasteiger partial charge >= 0.3 is 0 Å². The molecule has 0 saturated heterocycles. The van der Waals surface area contributed by atoms with E-state index >= 15 is 0 Å². The molecule has 0 atom stereocenters. The summed E-state index contributed by atoms with van der Waals surface area (Å²) in [5.41, 5.74) is 11.5. The van der Waals surface area contributed by atoms with Crippen LogP contribution in [0.3, 0.4) is 0 Å². The second kappa shape index (κ2) is 11.3. The Bertz CT molecular complexity index is 2490. The van der Waals surface area contributed by atoms with E-state index in [1.165, 1.54) is 49.4 Å². The molecule has 0 saturated carbocycles. The van der Waals surface area contributed by atoms with E-state index in [4.69, 9.17) is 4.98 Å². The molecule has 9 rings (SSSR count). The number of imidazole rings is 1. The van der Waals surface area contributed by atoms with Gasteiger partial charge in [-0.05, 0) is 85.3 Å². The van der Waals surface area contributed by atoms with Gasteiger partial charge in [-0.2, -0.15) is 0 Å². The Morgan fingerprint density at radius 1 is 0.340 bits per heavy atom. The number of rotatable bonds is 5. The predicted molar refractivity (Wildman–Crippen MR) is 198 cm³/mol. The van der Waals surface area contributed by atoms with Crippen LogP contribution in [-0.4, -0.2) is 9.55 Å². The summed E-state index contributed by atoms with van der Waals surface area (Å²) in [6.07, 6.45) is 0. The van der Waals surface area contributed by atoms with Crippen LogP contribution in [0.15, 0.2) is 182 Å². The summed E-state index contributed by atoms with van der Waals surface area (Å²) in [6.45, 7) is 0. The van der Waals surface area contributed by atoms with E-state index in [1.807, 2.05) is 6.07 Å². The topological polar surface area (TPSA) is 17.8 Å². The summed E-state index contributed by atoms with van der Waals surface area (Å²) in [5, 5.41) is 5.04. The van der Waals surface area contributed by atoms with Gasteiger partial charge in [0, 0.05) is 11.3 Å². The molecule has 2 nitrogen and oxygen atoms in total. The number of benzene rings is 8. The van der Waals surface area contributed by atoms with E-state index in [-0.39, 0.29) is 0 Å². The van der Waals surface area contributed by atoms with Gasteiger partial charge in [0.05, 0.1) is 11.0 Å². The van der Waals surface area contributed by atoms with Crippen molar-refractivity contribution in [2.24, 2.45) is 0 Å². The standard InChI is InChI=1S/C45H30N2/c1-4-15-31(16-5-1)43-37-23-10-12-25-39(37)44(40-26-13-11-24-38(40)43)35-20-14-19-33(29-35)34-27-28-42-41(30-34)46-45(32-17-6-2-7-18-32)47(42)36-21-8-3-9-22-36/h1-30H. The summed E-state index contributed by atoms with van der Waals surface area (Å²) in [5.74, 6) is 0.939. The first-order chi connectivity index (χ1) is 23.3. The molecule has 0 aliphatic heterocycles. The van der Waals surface area contributed by atoms with Crippen molar-refractivity contribution in [3.05, 3.63) is 182 Å². The van der Waals surface area contributed by atoms with Gasteiger partial charge in [-0.25, -0.2) is 4.98 Å². The fraction of sp³-hybridized carbons (Fsp3) is 0. The zero-order chi connectivity index (χ0) is 31.2. The first-order valence-corrected chi connectivity index (χ1v) is 16.1. The molecular weight excluding hydrogens is 569 g/mol. The van der Waals surface area contributed by atoms with Crippen molar-refractivity contribution in [2.45, 2.75) is 0 Å². The van der Waals surface area contributed by atoms with Gasteiger partial charge < -0.3 is 0 Å². The number of hydrogen-bond acceptors (Lipinski definition) is 1. The fourth-order valence-corrected chi connectivity index (χ4v) is 7.09. The highest BCUT2D eigenvalue weighted by molar-refractivity contribution is 6.21. The average molecular weight is 599 g/mol. The molecule has 0 bridgehead atoms. The largest absolute Gasteiger partial charge is 0.292 e. The molecule has 0 aliphatic carbocycles.